The van der Waals surface area contributed by atoms with Crippen molar-refractivity contribution in [3.8, 4) is 0 Å². The number of amides is 2. The molecule has 0 spiro atoms. The summed E-state index contributed by atoms with van der Waals surface area (Å²) in [5.74, 6) is -0.0266. The van der Waals surface area contributed by atoms with Gasteiger partial charge in [-0.25, -0.2) is 0 Å². The van der Waals surface area contributed by atoms with E-state index in [1.54, 1.807) is 6.07 Å². The third-order valence-electron chi connectivity index (χ3n) is 6.42. The van der Waals surface area contributed by atoms with E-state index in [0.717, 1.165) is 39.0 Å². The first-order valence-electron chi connectivity index (χ1n) is 13.2. The molecule has 0 aromatic heterocycles. The Bertz CT molecular complexity index is 763. The number of carbonyl (C=O) groups excluding carboxylic acids is 2. The molecule has 0 radical (unpaired) electrons. The van der Waals surface area contributed by atoms with E-state index in [0.29, 0.717) is 17.7 Å². The second-order valence-electron chi connectivity index (χ2n) is 9.46. The second-order valence-corrected chi connectivity index (χ2v) is 9.87. The first-order valence-corrected chi connectivity index (χ1v) is 13.6. The molecule has 2 N–H and O–H groups in total. The van der Waals surface area contributed by atoms with Crippen molar-refractivity contribution < 1.29 is 9.59 Å². The molecule has 1 saturated heterocycles. The second kappa shape index (κ2) is 16.6. The number of anilines is 1. The van der Waals surface area contributed by atoms with Gasteiger partial charge < -0.3 is 20.4 Å². The fraction of sp³-hybridized carbons (Fsp3) is 0.667. The van der Waals surface area contributed by atoms with Gasteiger partial charge in [0.1, 0.15) is 0 Å². The average molecular weight is 489 g/mol. The third-order valence-corrected chi connectivity index (χ3v) is 6.62. The lowest BCUT2D eigenvalue weighted by atomic mass is 10.1. The molecule has 2 rings (SSSR count). The zero-order chi connectivity index (χ0) is 24.6. The lowest BCUT2D eigenvalue weighted by Crippen LogP contribution is -2.47. The van der Waals surface area contributed by atoms with Crippen molar-refractivity contribution >= 4 is 34.8 Å². The highest BCUT2D eigenvalue weighted by atomic mass is 32.1. The third kappa shape index (κ3) is 11.4. The molecular weight excluding hydrogens is 444 g/mol. The number of benzene rings is 1. The zero-order valence-corrected chi connectivity index (χ0v) is 22.1. The van der Waals surface area contributed by atoms with Crippen LogP contribution in [0.25, 0.3) is 0 Å². The zero-order valence-electron chi connectivity index (χ0n) is 21.2. The summed E-state index contributed by atoms with van der Waals surface area (Å²) >= 11 is 5.30. The van der Waals surface area contributed by atoms with E-state index in [-0.39, 0.29) is 16.9 Å². The van der Waals surface area contributed by atoms with Gasteiger partial charge >= 0.3 is 0 Å². The summed E-state index contributed by atoms with van der Waals surface area (Å²) in [7, 11) is 2.07. The molecule has 0 bridgehead atoms. The number of rotatable bonds is 14. The van der Waals surface area contributed by atoms with Gasteiger partial charge in [0.25, 0.3) is 5.91 Å². The van der Waals surface area contributed by atoms with Gasteiger partial charge in [0.15, 0.2) is 5.11 Å². The molecule has 1 fully saturated rings. The summed E-state index contributed by atoms with van der Waals surface area (Å²) in [5, 5.41) is 6.08. The summed E-state index contributed by atoms with van der Waals surface area (Å²) in [5.41, 5.74) is 1.34. The number of thiocarbonyl (C=S) groups is 1. The predicted molar refractivity (Wildman–Crippen MR) is 145 cm³/mol. The van der Waals surface area contributed by atoms with Gasteiger partial charge in [0.05, 0.1) is 0 Å². The Morgan fingerprint density at radius 1 is 0.882 bits per heavy atom. The Balaban J connectivity index is 1.59. The van der Waals surface area contributed by atoms with Gasteiger partial charge in [0, 0.05) is 43.9 Å². The SMILES string of the molecule is CCCCCCCCCCCCCC(=O)NC(=S)Nc1cccc(C(=O)N2CCN(C)CC2)c1. The van der Waals surface area contributed by atoms with E-state index in [4.69, 9.17) is 12.2 Å². The maximum absolute atomic E-state index is 12.8. The lowest BCUT2D eigenvalue weighted by molar-refractivity contribution is -0.119. The van der Waals surface area contributed by atoms with Gasteiger partial charge in [0.2, 0.25) is 5.91 Å². The number of unbranched alkanes of at least 4 members (excludes halogenated alkanes) is 10. The molecule has 1 aromatic carbocycles. The molecule has 0 saturated carbocycles. The van der Waals surface area contributed by atoms with Crippen LogP contribution in [-0.4, -0.2) is 60.0 Å². The predicted octanol–water partition coefficient (Wildman–Crippen LogP) is 5.59. The monoisotopic (exact) mass is 488 g/mol. The molecule has 0 aliphatic carbocycles. The van der Waals surface area contributed by atoms with Crippen molar-refractivity contribution in [3.63, 3.8) is 0 Å². The summed E-state index contributed by atoms with van der Waals surface area (Å²) in [6.45, 7) is 5.50. The Labute approximate surface area is 211 Å². The fourth-order valence-corrected chi connectivity index (χ4v) is 4.46. The Morgan fingerprint density at radius 3 is 2.09 bits per heavy atom. The van der Waals surface area contributed by atoms with Crippen LogP contribution in [0, 0.1) is 0 Å². The minimum atomic E-state index is -0.0573. The first-order chi connectivity index (χ1) is 16.5. The van der Waals surface area contributed by atoms with Crippen molar-refractivity contribution in [1.82, 2.24) is 15.1 Å². The number of nitrogens with zero attached hydrogens (tertiary/aromatic N) is 2. The van der Waals surface area contributed by atoms with Crippen LogP contribution in [0.2, 0.25) is 0 Å². The number of carbonyl (C=O) groups is 2. The quantitative estimate of drug-likeness (QED) is 0.264. The molecule has 34 heavy (non-hydrogen) atoms. The van der Waals surface area contributed by atoms with E-state index < -0.39 is 0 Å². The molecule has 190 valence electrons. The Hall–Kier alpha value is -1.99. The minimum Gasteiger partial charge on any atom is -0.336 e. The summed E-state index contributed by atoms with van der Waals surface area (Å²) < 4.78 is 0. The van der Waals surface area contributed by atoms with Crippen LogP contribution >= 0.6 is 12.2 Å². The standard InChI is InChI=1S/C27H44N4O2S/c1-3-4-5-6-7-8-9-10-11-12-13-17-25(32)29-27(34)28-24-16-14-15-23(22-24)26(33)31-20-18-30(2)19-21-31/h14-16,22H,3-13,17-21H2,1-2H3,(H2,28,29,32,34). The first kappa shape index (κ1) is 28.2. The van der Waals surface area contributed by atoms with Crippen LogP contribution in [-0.2, 0) is 4.79 Å². The normalized spacial score (nSPS) is 14.1. The fourth-order valence-electron chi connectivity index (χ4n) is 4.22. The van der Waals surface area contributed by atoms with Crippen LogP contribution in [0.1, 0.15) is 94.3 Å². The van der Waals surface area contributed by atoms with Crippen LogP contribution in [0.5, 0.6) is 0 Å². The number of hydrogen-bond donors (Lipinski definition) is 2. The highest BCUT2D eigenvalue weighted by Crippen LogP contribution is 2.15. The van der Waals surface area contributed by atoms with Gasteiger partial charge in [-0.1, -0.05) is 77.2 Å². The molecule has 1 aliphatic rings. The van der Waals surface area contributed by atoms with Crippen LogP contribution in [0.3, 0.4) is 0 Å². The summed E-state index contributed by atoms with van der Waals surface area (Å²) in [6.07, 6.45) is 14.3. The van der Waals surface area contributed by atoms with Crippen LogP contribution in [0.15, 0.2) is 24.3 Å². The van der Waals surface area contributed by atoms with Crippen LogP contribution in [0.4, 0.5) is 5.69 Å². The summed E-state index contributed by atoms with van der Waals surface area (Å²) in [4.78, 5) is 29.1. The molecule has 1 aliphatic heterocycles. The highest BCUT2D eigenvalue weighted by molar-refractivity contribution is 7.80. The smallest absolute Gasteiger partial charge is 0.254 e. The molecule has 6 nitrogen and oxygen atoms in total. The molecule has 0 unspecified atom stereocenters. The largest absolute Gasteiger partial charge is 0.336 e. The Kier molecular flexibility index (Phi) is 13.8. The lowest BCUT2D eigenvalue weighted by Gasteiger charge is -2.32. The van der Waals surface area contributed by atoms with E-state index in [1.807, 2.05) is 23.1 Å². The molecule has 7 heteroatoms. The molecule has 1 heterocycles. The number of likely N-dealkylation sites (N-methyl/N-ethyl adjacent to an activating group) is 1. The van der Waals surface area contributed by atoms with Gasteiger partial charge in [-0.15, -0.1) is 0 Å². The topological polar surface area (TPSA) is 64.7 Å². The van der Waals surface area contributed by atoms with E-state index >= 15 is 0 Å². The molecule has 0 atom stereocenters. The van der Waals surface area contributed by atoms with Gasteiger partial charge in [-0.3, -0.25) is 9.59 Å². The number of piperazine rings is 1. The molecular formula is C27H44N4O2S. The van der Waals surface area contributed by atoms with Crippen molar-refractivity contribution in [1.29, 1.82) is 0 Å². The van der Waals surface area contributed by atoms with Crippen molar-refractivity contribution in [2.24, 2.45) is 0 Å². The van der Waals surface area contributed by atoms with E-state index in [1.165, 1.54) is 57.8 Å². The van der Waals surface area contributed by atoms with E-state index in [9.17, 15) is 9.59 Å². The van der Waals surface area contributed by atoms with Crippen molar-refractivity contribution in [3.05, 3.63) is 29.8 Å². The average Bonchev–Trinajstić information content (AvgIpc) is 2.82. The maximum atomic E-state index is 12.8. The van der Waals surface area contributed by atoms with Crippen molar-refractivity contribution in [2.45, 2.75) is 84.0 Å². The number of nitrogens with one attached hydrogen (secondary N) is 2. The highest BCUT2D eigenvalue weighted by Gasteiger charge is 2.20. The Morgan fingerprint density at radius 2 is 1.47 bits per heavy atom. The van der Waals surface area contributed by atoms with Gasteiger partial charge in [-0.05, 0) is 43.9 Å². The maximum Gasteiger partial charge on any atom is 0.254 e. The van der Waals surface area contributed by atoms with Crippen LogP contribution < -0.4 is 10.6 Å². The number of hydrogen-bond acceptors (Lipinski definition) is 4. The molecule has 1 aromatic rings. The van der Waals surface area contributed by atoms with Crippen molar-refractivity contribution in [2.75, 3.05) is 38.5 Å². The minimum absolute atomic E-state index is 0.0307. The van der Waals surface area contributed by atoms with E-state index in [2.05, 4.69) is 29.5 Å². The summed E-state index contributed by atoms with van der Waals surface area (Å²) in [6, 6.07) is 7.30. The molecule has 2 amide bonds. The van der Waals surface area contributed by atoms with Gasteiger partial charge in [-0.2, -0.15) is 0 Å².